The molecule has 1 aliphatic heterocycles. The Morgan fingerprint density at radius 1 is 1.45 bits per heavy atom. The van der Waals surface area contributed by atoms with Gasteiger partial charge in [0.1, 0.15) is 5.75 Å². The molecule has 1 atom stereocenters. The summed E-state index contributed by atoms with van der Waals surface area (Å²) in [5.74, 6) is 0.277. The molecular weight excluding hydrogens is 302 g/mol. The third-order valence-corrected chi connectivity index (χ3v) is 5.45. The van der Waals surface area contributed by atoms with Gasteiger partial charge in [0.15, 0.2) is 9.84 Å². The van der Waals surface area contributed by atoms with Gasteiger partial charge in [-0.2, -0.15) is 0 Å². The molecule has 0 bridgehead atoms. The fourth-order valence-corrected chi connectivity index (χ4v) is 4.23. The average molecular weight is 318 g/mol. The lowest BCUT2D eigenvalue weighted by Gasteiger charge is -2.24. The second-order valence-corrected chi connectivity index (χ2v) is 7.48. The monoisotopic (exact) mass is 317 g/mol. The molecule has 1 amide bonds. The maximum atomic E-state index is 12.5. The number of methoxy groups -OCH3 is 1. The molecule has 0 N–H and O–H groups in total. The number of sulfone groups is 1. The van der Waals surface area contributed by atoms with E-state index in [0.717, 1.165) is 0 Å². The first-order valence-electron chi connectivity index (χ1n) is 6.15. The third kappa shape index (κ3) is 3.07. The average Bonchev–Trinajstić information content (AvgIpc) is 2.77. The standard InChI is InChI=1S/C13H16ClNO4S/c1-15(10-5-6-20(17,18)8-10)13(16)11-7-9(14)3-4-12(11)19-2/h3-4,7,10H,5-6,8H2,1-2H3. The van der Waals surface area contributed by atoms with Crippen LogP contribution in [0.2, 0.25) is 5.02 Å². The Kier molecular flexibility index (Phi) is 4.25. The Morgan fingerprint density at radius 2 is 2.15 bits per heavy atom. The largest absolute Gasteiger partial charge is 0.496 e. The lowest BCUT2D eigenvalue weighted by atomic mass is 10.1. The van der Waals surface area contributed by atoms with Crippen LogP contribution in [0.5, 0.6) is 5.75 Å². The number of carbonyl (C=O) groups excluding carboxylic acids is 1. The van der Waals surface area contributed by atoms with Crippen LogP contribution in [-0.2, 0) is 9.84 Å². The minimum Gasteiger partial charge on any atom is -0.496 e. The SMILES string of the molecule is COc1ccc(Cl)cc1C(=O)N(C)C1CCS(=O)(=O)C1. The summed E-state index contributed by atoms with van der Waals surface area (Å²) in [4.78, 5) is 13.9. The summed E-state index contributed by atoms with van der Waals surface area (Å²) in [6.45, 7) is 0. The number of benzene rings is 1. The van der Waals surface area contributed by atoms with Crippen LogP contribution in [0.15, 0.2) is 18.2 Å². The molecule has 7 heteroatoms. The summed E-state index contributed by atoms with van der Waals surface area (Å²) in [6, 6.07) is 4.49. The third-order valence-electron chi connectivity index (χ3n) is 3.47. The Labute approximate surface area is 123 Å². The highest BCUT2D eigenvalue weighted by atomic mass is 35.5. The van der Waals surface area contributed by atoms with Crippen molar-refractivity contribution in [2.75, 3.05) is 25.7 Å². The number of ether oxygens (including phenoxy) is 1. The van der Waals surface area contributed by atoms with Gasteiger partial charge in [0, 0.05) is 18.1 Å². The highest BCUT2D eigenvalue weighted by Crippen LogP contribution is 2.26. The molecule has 0 radical (unpaired) electrons. The van der Waals surface area contributed by atoms with Crippen LogP contribution in [0.4, 0.5) is 0 Å². The number of nitrogens with zero attached hydrogens (tertiary/aromatic N) is 1. The van der Waals surface area contributed by atoms with Gasteiger partial charge in [-0.1, -0.05) is 11.6 Å². The summed E-state index contributed by atoms with van der Waals surface area (Å²) in [5, 5.41) is 0.432. The molecular formula is C13H16ClNO4S. The minimum atomic E-state index is -3.03. The maximum Gasteiger partial charge on any atom is 0.257 e. The number of carbonyl (C=O) groups is 1. The van der Waals surface area contributed by atoms with Gasteiger partial charge in [-0.05, 0) is 24.6 Å². The molecule has 1 aromatic rings. The lowest BCUT2D eigenvalue weighted by molar-refractivity contribution is 0.0744. The van der Waals surface area contributed by atoms with Gasteiger partial charge >= 0.3 is 0 Å². The summed E-state index contributed by atoms with van der Waals surface area (Å²) < 4.78 is 28.1. The van der Waals surface area contributed by atoms with Gasteiger partial charge in [0.2, 0.25) is 0 Å². The highest BCUT2D eigenvalue weighted by molar-refractivity contribution is 7.91. The van der Waals surface area contributed by atoms with Crippen LogP contribution in [0, 0.1) is 0 Å². The number of amides is 1. The molecule has 20 heavy (non-hydrogen) atoms. The zero-order valence-electron chi connectivity index (χ0n) is 11.3. The van der Waals surface area contributed by atoms with Crippen molar-refractivity contribution in [1.82, 2.24) is 4.90 Å². The number of rotatable bonds is 3. The quantitative estimate of drug-likeness (QED) is 0.849. The van der Waals surface area contributed by atoms with Crippen molar-refractivity contribution in [3.8, 4) is 5.75 Å². The Morgan fingerprint density at radius 3 is 2.70 bits per heavy atom. The number of halogens is 1. The van der Waals surface area contributed by atoms with Gasteiger partial charge in [-0.15, -0.1) is 0 Å². The van der Waals surface area contributed by atoms with E-state index in [2.05, 4.69) is 0 Å². The predicted octanol–water partition coefficient (Wildman–Crippen LogP) is 1.61. The lowest BCUT2D eigenvalue weighted by Crippen LogP contribution is -2.38. The van der Waals surface area contributed by atoms with Crippen molar-refractivity contribution in [3.63, 3.8) is 0 Å². The molecule has 0 aliphatic carbocycles. The number of hydrogen-bond donors (Lipinski definition) is 0. The predicted molar refractivity (Wildman–Crippen MR) is 77.2 cm³/mol. The van der Waals surface area contributed by atoms with E-state index in [0.29, 0.717) is 22.8 Å². The number of hydrogen-bond acceptors (Lipinski definition) is 4. The van der Waals surface area contributed by atoms with Gasteiger partial charge in [-0.3, -0.25) is 4.79 Å². The van der Waals surface area contributed by atoms with E-state index < -0.39 is 9.84 Å². The molecule has 1 aromatic carbocycles. The first kappa shape index (κ1) is 15.1. The van der Waals surface area contributed by atoms with Crippen molar-refractivity contribution in [2.45, 2.75) is 12.5 Å². The molecule has 1 heterocycles. The van der Waals surface area contributed by atoms with Crippen LogP contribution in [0.25, 0.3) is 0 Å². The molecule has 0 aromatic heterocycles. The topological polar surface area (TPSA) is 63.7 Å². The van der Waals surface area contributed by atoms with Gasteiger partial charge in [0.05, 0.1) is 24.2 Å². The second kappa shape index (κ2) is 5.61. The van der Waals surface area contributed by atoms with Crippen molar-refractivity contribution in [1.29, 1.82) is 0 Å². The molecule has 0 saturated carbocycles. The van der Waals surface area contributed by atoms with Crippen molar-refractivity contribution >= 4 is 27.3 Å². The first-order chi connectivity index (χ1) is 9.34. The van der Waals surface area contributed by atoms with Gasteiger partial charge in [-0.25, -0.2) is 8.42 Å². The Hall–Kier alpha value is -1.27. The minimum absolute atomic E-state index is 0.0120. The molecule has 110 valence electrons. The summed E-state index contributed by atoms with van der Waals surface area (Å²) in [5.41, 5.74) is 0.340. The zero-order chi connectivity index (χ0) is 14.9. The molecule has 2 rings (SSSR count). The first-order valence-corrected chi connectivity index (χ1v) is 8.35. The van der Waals surface area contributed by atoms with E-state index in [1.54, 1.807) is 19.2 Å². The van der Waals surface area contributed by atoms with Crippen LogP contribution in [-0.4, -0.2) is 50.9 Å². The summed E-state index contributed by atoms with van der Waals surface area (Å²) in [7, 11) is 0.0464. The second-order valence-electron chi connectivity index (χ2n) is 4.82. The van der Waals surface area contributed by atoms with Crippen LogP contribution in [0.3, 0.4) is 0 Å². The summed E-state index contributed by atoms with van der Waals surface area (Å²) >= 11 is 5.91. The molecule has 0 spiro atoms. The van der Waals surface area contributed by atoms with E-state index in [4.69, 9.17) is 16.3 Å². The smallest absolute Gasteiger partial charge is 0.257 e. The molecule has 5 nitrogen and oxygen atoms in total. The summed E-state index contributed by atoms with van der Waals surface area (Å²) in [6.07, 6.45) is 0.466. The van der Waals surface area contributed by atoms with Gasteiger partial charge < -0.3 is 9.64 Å². The van der Waals surface area contributed by atoms with Crippen LogP contribution < -0.4 is 4.74 Å². The molecule has 1 aliphatic rings. The van der Waals surface area contributed by atoms with Crippen LogP contribution in [0.1, 0.15) is 16.8 Å². The van der Waals surface area contributed by atoms with Crippen molar-refractivity contribution in [2.24, 2.45) is 0 Å². The molecule has 1 unspecified atom stereocenters. The van der Waals surface area contributed by atoms with E-state index in [-0.39, 0.29) is 23.5 Å². The normalized spacial score (nSPS) is 20.6. The van der Waals surface area contributed by atoms with Crippen molar-refractivity contribution in [3.05, 3.63) is 28.8 Å². The fraction of sp³-hybridized carbons (Fsp3) is 0.462. The molecule has 1 saturated heterocycles. The highest BCUT2D eigenvalue weighted by Gasteiger charge is 2.33. The van der Waals surface area contributed by atoms with Crippen LogP contribution >= 0.6 is 11.6 Å². The zero-order valence-corrected chi connectivity index (χ0v) is 12.9. The fourth-order valence-electron chi connectivity index (χ4n) is 2.28. The maximum absolute atomic E-state index is 12.5. The van der Waals surface area contributed by atoms with E-state index in [1.807, 2.05) is 0 Å². The Balaban J connectivity index is 2.25. The van der Waals surface area contributed by atoms with Crippen molar-refractivity contribution < 1.29 is 17.9 Å². The van der Waals surface area contributed by atoms with E-state index >= 15 is 0 Å². The van der Waals surface area contributed by atoms with E-state index in [9.17, 15) is 13.2 Å². The van der Waals surface area contributed by atoms with E-state index in [1.165, 1.54) is 18.1 Å². The van der Waals surface area contributed by atoms with Gasteiger partial charge in [0.25, 0.3) is 5.91 Å². The molecule has 1 fully saturated rings. The Bertz CT molecular complexity index is 629.